The molecule has 0 saturated heterocycles. The lowest BCUT2D eigenvalue weighted by Gasteiger charge is -2.08. The van der Waals surface area contributed by atoms with Gasteiger partial charge in [-0.2, -0.15) is 0 Å². The van der Waals surface area contributed by atoms with E-state index in [1.807, 2.05) is 0 Å². The second-order valence-electron chi connectivity index (χ2n) is 3.85. The number of anilines is 2. The number of amides is 1. The summed E-state index contributed by atoms with van der Waals surface area (Å²) in [6.07, 6.45) is 0. The lowest BCUT2D eigenvalue weighted by atomic mass is 10.2. The average molecular weight is 255 g/mol. The molecule has 3 N–H and O–H groups in total. The number of benzene rings is 2. The molecule has 2 aromatic carbocycles. The Kier molecular flexibility index (Phi) is 3.44. The first-order valence-corrected chi connectivity index (χ1v) is 5.44. The highest BCUT2D eigenvalue weighted by atomic mass is 19.1. The third-order valence-electron chi connectivity index (χ3n) is 2.50. The first-order chi connectivity index (χ1) is 9.10. The molecule has 2 rings (SSSR count). The Balaban J connectivity index is 2.26. The van der Waals surface area contributed by atoms with E-state index in [-0.39, 0.29) is 0 Å². The standard InChI is InChI=1S/C14H10FN3O/c1-17-12-7-6-11(16)8-13(12)18-14(19)9-2-4-10(15)5-3-9/h2-8H,16H2,(H,18,19). The quantitative estimate of drug-likeness (QED) is 0.639. The van der Waals surface area contributed by atoms with Crippen LogP contribution in [0.4, 0.5) is 21.5 Å². The second-order valence-corrected chi connectivity index (χ2v) is 3.85. The van der Waals surface area contributed by atoms with E-state index in [1.54, 1.807) is 6.07 Å². The molecule has 0 aromatic heterocycles. The molecule has 0 radical (unpaired) electrons. The van der Waals surface area contributed by atoms with Crippen LogP contribution >= 0.6 is 0 Å². The fourth-order valence-electron chi connectivity index (χ4n) is 1.55. The van der Waals surface area contributed by atoms with Crippen molar-refractivity contribution in [3.05, 3.63) is 65.3 Å². The lowest BCUT2D eigenvalue weighted by molar-refractivity contribution is 0.102. The molecule has 0 atom stereocenters. The van der Waals surface area contributed by atoms with Crippen LogP contribution in [-0.4, -0.2) is 5.91 Å². The van der Waals surface area contributed by atoms with E-state index in [2.05, 4.69) is 10.2 Å². The molecule has 4 nitrogen and oxygen atoms in total. The number of carbonyl (C=O) groups is 1. The Morgan fingerprint density at radius 1 is 1.21 bits per heavy atom. The minimum absolute atomic E-state index is 0.296. The van der Waals surface area contributed by atoms with E-state index in [1.165, 1.54) is 36.4 Å². The van der Waals surface area contributed by atoms with Gasteiger partial charge in [-0.05, 0) is 36.4 Å². The average Bonchev–Trinajstić information content (AvgIpc) is 2.39. The molecule has 5 heteroatoms. The van der Waals surface area contributed by atoms with Gasteiger partial charge >= 0.3 is 0 Å². The van der Waals surface area contributed by atoms with Gasteiger partial charge in [-0.3, -0.25) is 4.79 Å². The molecule has 0 bridgehead atoms. The number of nitrogens with two attached hydrogens (primary N) is 1. The summed E-state index contributed by atoms with van der Waals surface area (Å²) in [7, 11) is 0. The van der Waals surface area contributed by atoms with Crippen LogP contribution in [0.5, 0.6) is 0 Å². The number of nitrogen functional groups attached to an aromatic ring is 1. The van der Waals surface area contributed by atoms with Crippen molar-refractivity contribution in [2.45, 2.75) is 0 Å². The summed E-state index contributed by atoms with van der Waals surface area (Å²) in [5.41, 5.74) is 7.00. The Morgan fingerprint density at radius 2 is 1.89 bits per heavy atom. The molecule has 0 aliphatic heterocycles. The fraction of sp³-hybridized carbons (Fsp3) is 0. The molecule has 0 unspecified atom stereocenters. The van der Waals surface area contributed by atoms with Crippen molar-refractivity contribution >= 4 is 23.0 Å². The number of nitrogens with zero attached hydrogens (tertiary/aromatic N) is 1. The highest BCUT2D eigenvalue weighted by Crippen LogP contribution is 2.27. The number of carbonyl (C=O) groups excluding carboxylic acids is 1. The van der Waals surface area contributed by atoms with Crippen LogP contribution in [0.25, 0.3) is 4.85 Å². The molecule has 0 aliphatic rings. The minimum atomic E-state index is -0.421. The number of halogens is 1. The van der Waals surface area contributed by atoms with E-state index in [0.717, 1.165) is 0 Å². The summed E-state index contributed by atoms with van der Waals surface area (Å²) in [5, 5.41) is 2.58. The Bertz CT molecular complexity index is 659. The fourth-order valence-corrected chi connectivity index (χ4v) is 1.55. The van der Waals surface area contributed by atoms with Crippen LogP contribution in [0.1, 0.15) is 10.4 Å². The van der Waals surface area contributed by atoms with Crippen LogP contribution in [0.3, 0.4) is 0 Å². The highest BCUT2D eigenvalue weighted by Gasteiger charge is 2.09. The van der Waals surface area contributed by atoms with Gasteiger partial charge in [0.05, 0.1) is 6.57 Å². The predicted molar refractivity (Wildman–Crippen MR) is 71.5 cm³/mol. The number of hydrogen-bond donors (Lipinski definition) is 2. The predicted octanol–water partition coefficient (Wildman–Crippen LogP) is 3.21. The molecule has 19 heavy (non-hydrogen) atoms. The topological polar surface area (TPSA) is 59.5 Å². The molecule has 1 amide bonds. The molecule has 0 spiro atoms. The van der Waals surface area contributed by atoms with Gasteiger partial charge in [-0.25, -0.2) is 9.24 Å². The maximum Gasteiger partial charge on any atom is 0.254 e. The van der Waals surface area contributed by atoms with Crippen molar-refractivity contribution in [1.82, 2.24) is 0 Å². The van der Waals surface area contributed by atoms with E-state index in [4.69, 9.17) is 12.3 Å². The zero-order valence-corrected chi connectivity index (χ0v) is 9.85. The van der Waals surface area contributed by atoms with Crippen LogP contribution in [-0.2, 0) is 0 Å². The van der Waals surface area contributed by atoms with Crippen LogP contribution in [0.2, 0.25) is 0 Å². The smallest absolute Gasteiger partial charge is 0.254 e. The van der Waals surface area contributed by atoms with E-state index in [0.29, 0.717) is 22.6 Å². The van der Waals surface area contributed by atoms with E-state index >= 15 is 0 Å². The molecular formula is C14H10FN3O. The molecule has 2 aromatic rings. The summed E-state index contributed by atoms with van der Waals surface area (Å²) >= 11 is 0. The van der Waals surface area contributed by atoms with Crippen LogP contribution in [0, 0.1) is 12.4 Å². The molecule has 94 valence electrons. The normalized spacial score (nSPS) is 9.68. The monoisotopic (exact) mass is 255 g/mol. The summed E-state index contributed by atoms with van der Waals surface area (Å²) in [6.45, 7) is 7.02. The number of nitrogens with one attached hydrogen (secondary N) is 1. The third kappa shape index (κ3) is 2.87. The van der Waals surface area contributed by atoms with Crippen molar-refractivity contribution in [1.29, 1.82) is 0 Å². The largest absolute Gasteiger partial charge is 0.399 e. The summed E-state index contributed by atoms with van der Waals surface area (Å²) in [4.78, 5) is 15.2. The maximum absolute atomic E-state index is 12.8. The number of rotatable bonds is 2. The van der Waals surface area contributed by atoms with Gasteiger partial charge in [0.25, 0.3) is 5.91 Å². The highest BCUT2D eigenvalue weighted by molar-refractivity contribution is 6.06. The Hall–Kier alpha value is -2.87. The Labute approximate surface area is 109 Å². The number of hydrogen-bond acceptors (Lipinski definition) is 2. The SMILES string of the molecule is [C-]#[N+]c1ccc(N)cc1NC(=O)c1ccc(F)cc1. The molecule has 0 aliphatic carbocycles. The van der Waals surface area contributed by atoms with Crippen molar-refractivity contribution in [3.63, 3.8) is 0 Å². The van der Waals surface area contributed by atoms with Gasteiger partial charge in [0.2, 0.25) is 5.69 Å². The third-order valence-corrected chi connectivity index (χ3v) is 2.50. The second kappa shape index (κ2) is 5.19. The van der Waals surface area contributed by atoms with Gasteiger partial charge in [-0.1, -0.05) is 6.07 Å². The first-order valence-electron chi connectivity index (χ1n) is 5.44. The molecule has 0 fully saturated rings. The van der Waals surface area contributed by atoms with Gasteiger partial charge in [0, 0.05) is 16.9 Å². The van der Waals surface area contributed by atoms with E-state index in [9.17, 15) is 9.18 Å². The van der Waals surface area contributed by atoms with Gasteiger partial charge in [0.15, 0.2) is 0 Å². The van der Waals surface area contributed by atoms with Crippen molar-refractivity contribution in [2.24, 2.45) is 0 Å². The Morgan fingerprint density at radius 3 is 2.53 bits per heavy atom. The van der Waals surface area contributed by atoms with E-state index < -0.39 is 11.7 Å². The van der Waals surface area contributed by atoms with Gasteiger partial charge in [-0.15, -0.1) is 0 Å². The minimum Gasteiger partial charge on any atom is -0.399 e. The van der Waals surface area contributed by atoms with Crippen molar-refractivity contribution in [3.8, 4) is 0 Å². The molecule has 0 heterocycles. The summed E-state index contributed by atoms with van der Waals surface area (Å²) in [6, 6.07) is 9.76. The summed E-state index contributed by atoms with van der Waals surface area (Å²) in [5.74, 6) is -0.835. The zero-order valence-electron chi connectivity index (χ0n) is 9.85. The first kappa shape index (κ1) is 12.6. The molecule has 0 saturated carbocycles. The van der Waals surface area contributed by atoms with Crippen LogP contribution in [0.15, 0.2) is 42.5 Å². The van der Waals surface area contributed by atoms with Gasteiger partial charge < -0.3 is 11.1 Å². The zero-order chi connectivity index (χ0) is 13.8. The van der Waals surface area contributed by atoms with Crippen molar-refractivity contribution < 1.29 is 9.18 Å². The molecular weight excluding hydrogens is 245 g/mol. The van der Waals surface area contributed by atoms with Crippen molar-refractivity contribution in [2.75, 3.05) is 11.1 Å². The lowest BCUT2D eigenvalue weighted by Crippen LogP contribution is -2.12. The van der Waals surface area contributed by atoms with Gasteiger partial charge in [0.1, 0.15) is 5.82 Å². The maximum atomic E-state index is 12.8. The van der Waals surface area contributed by atoms with Crippen LogP contribution < -0.4 is 11.1 Å². The summed E-state index contributed by atoms with van der Waals surface area (Å²) < 4.78 is 12.8.